The molecular formula is C14H22N2O. The predicted octanol–water partition coefficient (Wildman–Crippen LogP) is 2.44. The molecule has 3 heterocycles. The number of ether oxygens (including phenoxy) is 1. The fraction of sp³-hybridized carbons (Fsp3) is 0.786. The lowest BCUT2D eigenvalue weighted by Crippen LogP contribution is -2.55. The molecule has 0 amide bonds. The van der Waals surface area contributed by atoms with E-state index in [-0.39, 0.29) is 0 Å². The van der Waals surface area contributed by atoms with Crippen LogP contribution in [0.1, 0.15) is 32.6 Å². The molecule has 1 fully saturated rings. The number of fused-ring (bicyclic) bond motifs is 3. The summed E-state index contributed by atoms with van der Waals surface area (Å²) in [6.07, 6.45) is 9.60. The molecule has 0 N–H and O–H groups in total. The average molecular weight is 234 g/mol. The normalized spacial score (nSPS) is 36.2. The van der Waals surface area contributed by atoms with Crippen LogP contribution in [0, 0.1) is 11.8 Å². The Labute approximate surface area is 104 Å². The molecule has 0 aromatic carbocycles. The Kier molecular flexibility index (Phi) is 3.19. The van der Waals surface area contributed by atoms with E-state index < -0.39 is 0 Å². The Balaban J connectivity index is 1.80. The highest BCUT2D eigenvalue weighted by Gasteiger charge is 2.40. The van der Waals surface area contributed by atoms with Crippen molar-refractivity contribution in [1.82, 2.24) is 4.90 Å². The molecular weight excluding hydrogens is 212 g/mol. The molecule has 1 saturated heterocycles. The van der Waals surface area contributed by atoms with Crippen molar-refractivity contribution < 1.29 is 4.74 Å². The van der Waals surface area contributed by atoms with E-state index in [4.69, 9.17) is 9.73 Å². The molecule has 0 radical (unpaired) electrons. The van der Waals surface area contributed by atoms with E-state index in [1.807, 2.05) is 0 Å². The minimum absolute atomic E-state index is 0.303. The third-order valence-electron chi connectivity index (χ3n) is 4.30. The fourth-order valence-corrected chi connectivity index (χ4v) is 3.42. The van der Waals surface area contributed by atoms with Gasteiger partial charge in [0, 0.05) is 32.0 Å². The highest BCUT2D eigenvalue weighted by Crippen LogP contribution is 2.36. The third kappa shape index (κ3) is 2.01. The highest BCUT2D eigenvalue weighted by atomic mass is 16.5. The van der Waals surface area contributed by atoms with Crippen molar-refractivity contribution in [3.63, 3.8) is 0 Å². The largest absolute Gasteiger partial charge is 0.358 e. The van der Waals surface area contributed by atoms with E-state index in [2.05, 4.69) is 24.0 Å². The highest BCUT2D eigenvalue weighted by molar-refractivity contribution is 5.85. The van der Waals surface area contributed by atoms with Gasteiger partial charge in [-0.25, -0.2) is 0 Å². The van der Waals surface area contributed by atoms with E-state index in [0.29, 0.717) is 12.1 Å². The molecule has 0 bridgehead atoms. The molecule has 0 aliphatic carbocycles. The summed E-state index contributed by atoms with van der Waals surface area (Å²) in [7, 11) is 0. The summed E-state index contributed by atoms with van der Waals surface area (Å²) >= 11 is 0. The molecule has 3 aliphatic rings. The maximum atomic E-state index is 6.04. The molecule has 3 aliphatic heterocycles. The van der Waals surface area contributed by atoms with Crippen molar-refractivity contribution in [2.75, 3.05) is 19.7 Å². The minimum atomic E-state index is 0.303. The summed E-state index contributed by atoms with van der Waals surface area (Å²) in [6.45, 7) is 5.18. The molecule has 0 spiro atoms. The average Bonchev–Trinajstić information content (AvgIpc) is 2.39. The van der Waals surface area contributed by atoms with Crippen molar-refractivity contribution in [3.05, 3.63) is 12.2 Å². The van der Waals surface area contributed by atoms with Gasteiger partial charge in [0.15, 0.2) is 0 Å². The lowest BCUT2D eigenvalue weighted by Gasteiger charge is -2.47. The Morgan fingerprint density at radius 1 is 1.47 bits per heavy atom. The van der Waals surface area contributed by atoms with Gasteiger partial charge in [0.2, 0.25) is 0 Å². The Hall–Kier alpha value is -0.830. The lowest BCUT2D eigenvalue weighted by molar-refractivity contribution is -0.119. The zero-order valence-corrected chi connectivity index (χ0v) is 10.6. The first-order chi connectivity index (χ1) is 8.40. The van der Waals surface area contributed by atoms with Crippen LogP contribution in [0.4, 0.5) is 0 Å². The third-order valence-corrected chi connectivity index (χ3v) is 4.30. The Bertz CT molecular complexity index is 335. The van der Waals surface area contributed by atoms with E-state index in [1.54, 1.807) is 0 Å². The molecule has 0 saturated carbocycles. The van der Waals surface area contributed by atoms with Gasteiger partial charge in [-0.1, -0.05) is 31.9 Å². The second-order valence-corrected chi connectivity index (χ2v) is 5.35. The Morgan fingerprint density at radius 2 is 2.41 bits per heavy atom. The van der Waals surface area contributed by atoms with Crippen molar-refractivity contribution in [1.29, 1.82) is 0 Å². The second kappa shape index (κ2) is 4.81. The summed E-state index contributed by atoms with van der Waals surface area (Å²) in [5, 5.41) is 0. The standard InChI is InChI=1S/C14H22N2O/c1-2-5-11-7-9-17-14-12(11)10-15-13-6-3-4-8-16(13)14/h3-4,11-12,14H,2,5-10H2,1H3. The van der Waals surface area contributed by atoms with Gasteiger partial charge in [-0.3, -0.25) is 4.99 Å². The van der Waals surface area contributed by atoms with Gasteiger partial charge < -0.3 is 9.64 Å². The number of hydrogen-bond acceptors (Lipinski definition) is 3. The number of nitrogens with zero attached hydrogens (tertiary/aromatic N) is 2. The molecule has 0 aromatic heterocycles. The fourth-order valence-electron chi connectivity index (χ4n) is 3.42. The van der Waals surface area contributed by atoms with Crippen LogP contribution in [0.15, 0.2) is 17.1 Å². The zero-order valence-electron chi connectivity index (χ0n) is 10.6. The van der Waals surface area contributed by atoms with Crippen molar-refractivity contribution in [2.24, 2.45) is 16.8 Å². The van der Waals surface area contributed by atoms with Crippen LogP contribution in [0.5, 0.6) is 0 Å². The Morgan fingerprint density at radius 3 is 3.29 bits per heavy atom. The van der Waals surface area contributed by atoms with Gasteiger partial charge in [0.25, 0.3) is 0 Å². The van der Waals surface area contributed by atoms with Gasteiger partial charge in [0.1, 0.15) is 12.1 Å². The van der Waals surface area contributed by atoms with E-state index >= 15 is 0 Å². The zero-order chi connectivity index (χ0) is 11.7. The smallest absolute Gasteiger partial charge is 0.136 e. The van der Waals surface area contributed by atoms with Crippen LogP contribution in [-0.2, 0) is 4.74 Å². The van der Waals surface area contributed by atoms with Crippen LogP contribution < -0.4 is 0 Å². The summed E-state index contributed by atoms with van der Waals surface area (Å²) in [6, 6.07) is 0. The number of amidine groups is 1. The van der Waals surface area contributed by atoms with Gasteiger partial charge in [-0.15, -0.1) is 0 Å². The van der Waals surface area contributed by atoms with Crippen LogP contribution in [0.25, 0.3) is 0 Å². The van der Waals surface area contributed by atoms with Gasteiger partial charge >= 0.3 is 0 Å². The maximum Gasteiger partial charge on any atom is 0.136 e. The topological polar surface area (TPSA) is 24.8 Å². The van der Waals surface area contributed by atoms with Crippen LogP contribution in [0.2, 0.25) is 0 Å². The monoisotopic (exact) mass is 234 g/mol. The van der Waals surface area contributed by atoms with Crippen molar-refractivity contribution in [2.45, 2.75) is 38.8 Å². The predicted molar refractivity (Wildman–Crippen MR) is 69.0 cm³/mol. The minimum Gasteiger partial charge on any atom is -0.358 e. The first-order valence-corrected chi connectivity index (χ1v) is 6.96. The molecule has 3 heteroatoms. The SMILES string of the molecule is CCCC1CCOC2C1CN=C1CC=CCN12. The van der Waals surface area contributed by atoms with Crippen molar-refractivity contribution >= 4 is 5.84 Å². The first-order valence-electron chi connectivity index (χ1n) is 6.96. The number of rotatable bonds is 2. The van der Waals surface area contributed by atoms with Crippen molar-refractivity contribution in [3.8, 4) is 0 Å². The van der Waals surface area contributed by atoms with Gasteiger partial charge in [-0.2, -0.15) is 0 Å². The quantitative estimate of drug-likeness (QED) is 0.686. The molecule has 3 nitrogen and oxygen atoms in total. The molecule has 17 heavy (non-hydrogen) atoms. The molecule has 3 unspecified atom stereocenters. The maximum absolute atomic E-state index is 6.04. The van der Waals surface area contributed by atoms with Crippen LogP contribution in [-0.4, -0.2) is 36.7 Å². The first kappa shape index (κ1) is 11.3. The molecule has 3 atom stereocenters. The summed E-state index contributed by atoms with van der Waals surface area (Å²) in [5.41, 5.74) is 0. The molecule has 3 rings (SSSR count). The molecule has 0 aromatic rings. The van der Waals surface area contributed by atoms with Gasteiger partial charge in [-0.05, 0) is 12.3 Å². The van der Waals surface area contributed by atoms with Gasteiger partial charge in [0.05, 0.1) is 0 Å². The number of hydrogen-bond donors (Lipinski definition) is 0. The van der Waals surface area contributed by atoms with Crippen LogP contribution in [0.3, 0.4) is 0 Å². The molecule has 94 valence electrons. The summed E-state index contributed by atoms with van der Waals surface area (Å²) < 4.78 is 6.04. The number of aliphatic imine (C=N–C) groups is 1. The van der Waals surface area contributed by atoms with E-state index in [0.717, 1.165) is 32.0 Å². The lowest BCUT2D eigenvalue weighted by atomic mass is 9.81. The second-order valence-electron chi connectivity index (χ2n) is 5.35. The van der Waals surface area contributed by atoms with Crippen LogP contribution >= 0.6 is 0 Å². The summed E-state index contributed by atoms with van der Waals surface area (Å²) in [5.74, 6) is 2.68. The van der Waals surface area contributed by atoms with E-state index in [9.17, 15) is 0 Å². The summed E-state index contributed by atoms with van der Waals surface area (Å²) in [4.78, 5) is 7.16. The van der Waals surface area contributed by atoms with E-state index in [1.165, 1.54) is 25.1 Å².